The van der Waals surface area contributed by atoms with Crippen molar-refractivity contribution in [1.82, 2.24) is 10.3 Å². The Balaban J connectivity index is 1.51. The number of aromatic nitrogens is 1. The molecule has 158 valence electrons. The number of rotatable bonds is 7. The van der Waals surface area contributed by atoms with Crippen LogP contribution in [0, 0.1) is 5.92 Å². The molecule has 4 rings (SSSR count). The van der Waals surface area contributed by atoms with Crippen LogP contribution in [-0.4, -0.2) is 18.1 Å². The highest BCUT2D eigenvalue weighted by atomic mass is 15.0. The number of hydrogen-bond acceptors (Lipinski definition) is 3. The van der Waals surface area contributed by atoms with Crippen LogP contribution in [0.25, 0.3) is 22.0 Å². The smallest absolute Gasteiger partial charge is 0.130 e. The normalized spacial score (nSPS) is 15.1. The van der Waals surface area contributed by atoms with Crippen LogP contribution in [0.2, 0.25) is 0 Å². The van der Waals surface area contributed by atoms with Gasteiger partial charge in [0.1, 0.15) is 5.82 Å². The van der Waals surface area contributed by atoms with E-state index in [1.165, 1.54) is 18.4 Å². The molecular weight excluding hydrogens is 378 g/mol. The number of nitrogens with one attached hydrogen (secondary N) is 2. The van der Waals surface area contributed by atoms with Crippen molar-refractivity contribution in [2.24, 2.45) is 5.92 Å². The molecule has 3 aromatic rings. The fourth-order valence-corrected chi connectivity index (χ4v) is 4.32. The van der Waals surface area contributed by atoms with Crippen LogP contribution in [0.1, 0.15) is 36.5 Å². The highest BCUT2D eigenvalue weighted by Crippen LogP contribution is 2.25. The third kappa shape index (κ3) is 5.12. The first-order chi connectivity index (χ1) is 15.2. The van der Waals surface area contributed by atoms with E-state index in [0.717, 1.165) is 64.4 Å². The lowest BCUT2D eigenvalue weighted by Crippen LogP contribution is -2.28. The van der Waals surface area contributed by atoms with Gasteiger partial charge in [0.2, 0.25) is 0 Å². The van der Waals surface area contributed by atoms with Crippen LogP contribution in [0.15, 0.2) is 80.0 Å². The quantitative estimate of drug-likeness (QED) is 0.440. The lowest BCUT2D eigenvalue weighted by atomic mass is 9.90. The number of anilines is 1. The monoisotopic (exact) mass is 409 g/mol. The average molecular weight is 410 g/mol. The highest BCUT2D eigenvalue weighted by Gasteiger charge is 2.14. The van der Waals surface area contributed by atoms with Crippen LogP contribution in [-0.2, 0) is 6.42 Å². The fourth-order valence-electron chi connectivity index (χ4n) is 4.32. The van der Waals surface area contributed by atoms with Crippen molar-refractivity contribution in [2.45, 2.75) is 26.2 Å². The average Bonchev–Trinajstić information content (AvgIpc) is 2.80. The minimum Gasteiger partial charge on any atom is -0.340 e. The largest absolute Gasteiger partial charge is 0.340 e. The summed E-state index contributed by atoms with van der Waals surface area (Å²) in [6, 6.07) is 17.2. The maximum atomic E-state index is 4.59. The number of benzene rings is 2. The van der Waals surface area contributed by atoms with E-state index >= 15 is 0 Å². The lowest BCUT2D eigenvalue weighted by molar-refractivity contribution is 0.372. The molecule has 3 nitrogen and oxygen atoms in total. The second kappa shape index (κ2) is 9.76. The van der Waals surface area contributed by atoms with Gasteiger partial charge in [-0.25, -0.2) is 4.98 Å². The van der Waals surface area contributed by atoms with Gasteiger partial charge in [-0.2, -0.15) is 0 Å². The Morgan fingerprint density at radius 1 is 1.10 bits per heavy atom. The second-order valence-corrected chi connectivity index (χ2v) is 8.28. The van der Waals surface area contributed by atoms with Gasteiger partial charge in [-0.05, 0) is 91.0 Å². The Morgan fingerprint density at radius 3 is 2.71 bits per heavy atom. The molecule has 1 fully saturated rings. The van der Waals surface area contributed by atoms with Crippen molar-refractivity contribution in [3.05, 3.63) is 96.7 Å². The van der Waals surface area contributed by atoms with Gasteiger partial charge in [0.15, 0.2) is 0 Å². The first-order valence-electron chi connectivity index (χ1n) is 11.1. The zero-order valence-electron chi connectivity index (χ0n) is 18.3. The van der Waals surface area contributed by atoms with Gasteiger partial charge < -0.3 is 10.6 Å². The van der Waals surface area contributed by atoms with Crippen LogP contribution in [0.3, 0.4) is 0 Å². The van der Waals surface area contributed by atoms with Gasteiger partial charge in [-0.3, -0.25) is 0 Å². The van der Waals surface area contributed by atoms with Gasteiger partial charge in [0.05, 0.1) is 0 Å². The molecule has 1 aliphatic heterocycles. The molecule has 31 heavy (non-hydrogen) atoms. The first kappa shape index (κ1) is 21.1. The predicted octanol–water partition coefficient (Wildman–Crippen LogP) is 6.45. The zero-order chi connectivity index (χ0) is 21.6. The van der Waals surface area contributed by atoms with Crippen LogP contribution in [0.4, 0.5) is 5.82 Å². The lowest BCUT2D eigenvalue weighted by Gasteiger charge is -2.22. The standard InChI is InChI=1S/C28H31N3/c1-4-23(5-2)25-9-10-26-19-30-28(18-27(26)17-25)31-20(3)24-8-6-7-22(16-24)15-21-11-13-29-14-12-21/h4-10,16-19,21,29H,1,3,11-15H2,2H3,(H,30,31)/b23-5+. The summed E-state index contributed by atoms with van der Waals surface area (Å²) in [6.07, 6.45) is 9.52. The van der Waals surface area contributed by atoms with E-state index in [1.54, 1.807) is 0 Å². The van der Waals surface area contributed by atoms with Crippen molar-refractivity contribution in [3.8, 4) is 0 Å². The van der Waals surface area contributed by atoms with E-state index in [-0.39, 0.29) is 0 Å². The van der Waals surface area contributed by atoms with E-state index in [1.807, 2.05) is 19.2 Å². The molecule has 0 saturated carbocycles. The fraction of sp³-hybridized carbons (Fsp3) is 0.250. The predicted molar refractivity (Wildman–Crippen MR) is 134 cm³/mol. The van der Waals surface area contributed by atoms with Crippen molar-refractivity contribution in [1.29, 1.82) is 0 Å². The number of pyridine rings is 1. The van der Waals surface area contributed by atoms with Crippen molar-refractivity contribution < 1.29 is 0 Å². The molecule has 2 aromatic carbocycles. The first-order valence-corrected chi connectivity index (χ1v) is 11.1. The summed E-state index contributed by atoms with van der Waals surface area (Å²) in [5.41, 5.74) is 5.65. The van der Waals surface area contributed by atoms with E-state index < -0.39 is 0 Å². The van der Waals surface area contributed by atoms with E-state index in [9.17, 15) is 0 Å². The molecule has 2 N–H and O–H groups in total. The SMILES string of the molecule is C=C/C(=C\C)c1ccc2cnc(NC(=C)c3cccc(CC4CCNCC4)c3)cc2c1. The molecule has 0 radical (unpaired) electrons. The van der Waals surface area contributed by atoms with Crippen LogP contribution in [0.5, 0.6) is 0 Å². The third-order valence-electron chi connectivity index (χ3n) is 6.12. The summed E-state index contributed by atoms with van der Waals surface area (Å²) in [5.74, 6) is 1.57. The van der Waals surface area contributed by atoms with E-state index in [4.69, 9.17) is 0 Å². The molecule has 0 aliphatic carbocycles. The van der Waals surface area contributed by atoms with Gasteiger partial charge in [-0.15, -0.1) is 0 Å². The van der Waals surface area contributed by atoms with Crippen molar-refractivity contribution in [2.75, 3.05) is 18.4 Å². The Bertz CT molecular complexity index is 1120. The molecule has 1 aromatic heterocycles. The van der Waals surface area contributed by atoms with Crippen LogP contribution < -0.4 is 10.6 Å². The maximum absolute atomic E-state index is 4.59. The summed E-state index contributed by atoms with van der Waals surface area (Å²) in [7, 11) is 0. The zero-order valence-corrected chi connectivity index (χ0v) is 18.3. The Hall–Kier alpha value is -3.17. The minimum atomic E-state index is 0.770. The van der Waals surface area contributed by atoms with Crippen molar-refractivity contribution in [3.63, 3.8) is 0 Å². The highest BCUT2D eigenvalue weighted by molar-refractivity contribution is 5.89. The second-order valence-electron chi connectivity index (χ2n) is 8.28. The van der Waals surface area contributed by atoms with Gasteiger partial charge in [0, 0.05) is 17.3 Å². The van der Waals surface area contributed by atoms with Crippen LogP contribution >= 0.6 is 0 Å². The molecular formula is C28H31N3. The van der Waals surface area contributed by atoms with Gasteiger partial charge >= 0.3 is 0 Å². The molecule has 0 atom stereocenters. The molecule has 0 unspecified atom stereocenters. The summed E-state index contributed by atoms with van der Waals surface area (Å²) >= 11 is 0. The third-order valence-corrected chi connectivity index (χ3v) is 6.12. The van der Waals surface area contributed by atoms with Gasteiger partial charge in [0.25, 0.3) is 0 Å². The maximum Gasteiger partial charge on any atom is 0.130 e. The summed E-state index contributed by atoms with van der Waals surface area (Å²) in [4.78, 5) is 4.59. The summed E-state index contributed by atoms with van der Waals surface area (Å²) in [5, 5.41) is 9.11. The number of nitrogens with zero attached hydrogens (tertiary/aromatic N) is 1. The molecule has 0 bridgehead atoms. The van der Waals surface area contributed by atoms with E-state index in [0.29, 0.717) is 0 Å². The Labute approximate surface area is 185 Å². The molecule has 3 heteroatoms. The molecule has 0 spiro atoms. The Morgan fingerprint density at radius 2 is 1.94 bits per heavy atom. The van der Waals surface area contributed by atoms with E-state index in [2.05, 4.69) is 83.4 Å². The number of fused-ring (bicyclic) bond motifs is 1. The topological polar surface area (TPSA) is 37.0 Å². The molecule has 1 saturated heterocycles. The number of piperidine rings is 1. The minimum absolute atomic E-state index is 0.770. The summed E-state index contributed by atoms with van der Waals surface area (Å²) in [6.45, 7) is 12.5. The number of allylic oxidation sites excluding steroid dienone is 3. The molecule has 0 amide bonds. The Kier molecular flexibility index (Phi) is 6.63. The molecule has 2 heterocycles. The number of hydrogen-bond donors (Lipinski definition) is 2. The molecule has 1 aliphatic rings. The summed E-state index contributed by atoms with van der Waals surface area (Å²) < 4.78 is 0. The van der Waals surface area contributed by atoms with Crippen molar-refractivity contribution >= 4 is 27.9 Å². The van der Waals surface area contributed by atoms with Gasteiger partial charge in [-0.1, -0.05) is 55.6 Å².